The lowest BCUT2D eigenvalue weighted by molar-refractivity contribution is -0.326. The number of H-pyrrole nitrogens is 2. The number of methoxy groups -OCH3 is 1. The first-order valence-corrected chi connectivity index (χ1v) is 9.57. The molecule has 28 heavy (non-hydrogen) atoms. The van der Waals surface area contributed by atoms with Crippen molar-refractivity contribution in [3.8, 4) is 0 Å². The topological polar surface area (TPSA) is 125 Å². The van der Waals surface area contributed by atoms with Crippen molar-refractivity contribution < 1.29 is 27.5 Å². The van der Waals surface area contributed by atoms with E-state index in [2.05, 4.69) is 20.0 Å². The van der Waals surface area contributed by atoms with E-state index in [-0.39, 0.29) is 4.90 Å². The van der Waals surface area contributed by atoms with E-state index in [0.29, 0.717) is 5.95 Å². The number of hydrogen-bond donors (Lipinski definition) is 2. The summed E-state index contributed by atoms with van der Waals surface area (Å²) in [5.41, 5.74) is 1.86. The lowest BCUT2D eigenvalue weighted by Gasteiger charge is -2.07. The van der Waals surface area contributed by atoms with Crippen LogP contribution >= 0.6 is 0 Å². The molecule has 4 aromatic rings. The van der Waals surface area contributed by atoms with Crippen LogP contribution in [-0.4, -0.2) is 31.2 Å². The van der Waals surface area contributed by atoms with E-state index >= 15 is 0 Å². The number of carbonyl (C=O) groups is 1. The van der Waals surface area contributed by atoms with Crippen molar-refractivity contribution in [2.24, 2.45) is 0 Å². The van der Waals surface area contributed by atoms with Crippen molar-refractivity contribution in [2.45, 2.75) is 4.90 Å². The summed E-state index contributed by atoms with van der Waals surface area (Å²) < 4.78 is 36.6. The van der Waals surface area contributed by atoms with E-state index in [1.807, 2.05) is 36.4 Å². The minimum atomic E-state index is -4.34. The van der Waals surface area contributed by atoms with Crippen LogP contribution in [0.1, 0.15) is 0 Å². The number of nitrogens with one attached hydrogen (secondary N) is 3. The zero-order valence-electron chi connectivity index (χ0n) is 14.8. The second-order valence-electron chi connectivity index (χ2n) is 5.75. The molecule has 0 aliphatic carbocycles. The molecule has 1 heterocycles. The fourth-order valence-electron chi connectivity index (χ4n) is 2.54. The molecule has 144 valence electrons. The third-order valence-electron chi connectivity index (χ3n) is 3.87. The SMILES string of the molecule is COC(=O)Nc1[nH]c2ccccc2[nH+]1.O=S(=O)([O-])c1ccc2ccccc2c1. The van der Waals surface area contributed by atoms with Gasteiger partial charge in [-0.05, 0) is 35.0 Å². The molecule has 0 saturated carbocycles. The molecule has 0 spiro atoms. The maximum absolute atomic E-state index is 10.9. The van der Waals surface area contributed by atoms with Gasteiger partial charge in [0.25, 0.3) is 0 Å². The minimum absolute atomic E-state index is 0.184. The lowest BCUT2D eigenvalue weighted by atomic mass is 10.1. The molecule has 3 aromatic carbocycles. The summed E-state index contributed by atoms with van der Waals surface area (Å²) in [5.74, 6) is 0.512. The quantitative estimate of drug-likeness (QED) is 0.501. The Morgan fingerprint density at radius 1 is 1.04 bits per heavy atom. The molecular weight excluding hydrogens is 382 g/mol. The van der Waals surface area contributed by atoms with E-state index in [1.54, 1.807) is 18.2 Å². The zero-order chi connectivity index (χ0) is 20.1. The highest BCUT2D eigenvalue weighted by molar-refractivity contribution is 7.85. The van der Waals surface area contributed by atoms with Crippen LogP contribution in [0.25, 0.3) is 21.8 Å². The Morgan fingerprint density at radius 3 is 2.39 bits per heavy atom. The average molecular weight is 399 g/mol. The van der Waals surface area contributed by atoms with Crippen LogP contribution in [0.3, 0.4) is 0 Å². The van der Waals surface area contributed by atoms with Crippen LogP contribution in [-0.2, 0) is 14.9 Å². The Hall–Kier alpha value is -3.43. The highest BCUT2D eigenvalue weighted by atomic mass is 32.2. The summed E-state index contributed by atoms with van der Waals surface area (Å²) >= 11 is 0. The molecule has 0 bridgehead atoms. The van der Waals surface area contributed by atoms with Gasteiger partial charge < -0.3 is 9.29 Å². The van der Waals surface area contributed by atoms with Crippen LogP contribution in [0, 0.1) is 0 Å². The molecule has 1 amide bonds. The maximum atomic E-state index is 10.9. The van der Waals surface area contributed by atoms with Crippen LogP contribution in [0.4, 0.5) is 10.7 Å². The standard InChI is InChI=1S/C10H8O3S.C9H9N3O2/c11-14(12,13)10-6-5-8-3-1-2-4-9(8)7-10;1-14-9(13)12-8-10-6-4-2-3-5-7(6)11-8/h1-7H,(H,11,12,13);2-5H,1H3,(H2,10,11,12,13). The highest BCUT2D eigenvalue weighted by Gasteiger charge is 2.12. The summed E-state index contributed by atoms with van der Waals surface area (Å²) in [4.78, 5) is 16.7. The van der Waals surface area contributed by atoms with Gasteiger partial charge in [0.15, 0.2) is 0 Å². The Bertz CT molecular complexity index is 1200. The molecule has 9 heteroatoms. The first-order valence-electron chi connectivity index (χ1n) is 8.16. The van der Waals surface area contributed by atoms with Gasteiger partial charge in [0.05, 0.1) is 12.0 Å². The fraction of sp³-hybridized carbons (Fsp3) is 0.0526. The number of hydrogen-bond acceptors (Lipinski definition) is 5. The molecule has 0 atom stereocenters. The molecule has 0 aliphatic heterocycles. The van der Waals surface area contributed by atoms with Gasteiger partial charge in [-0.15, -0.1) is 0 Å². The van der Waals surface area contributed by atoms with Crippen molar-refractivity contribution in [1.29, 1.82) is 0 Å². The Labute approximate surface area is 160 Å². The van der Waals surface area contributed by atoms with Gasteiger partial charge in [-0.25, -0.2) is 23.2 Å². The van der Waals surface area contributed by atoms with E-state index < -0.39 is 16.2 Å². The molecule has 0 radical (unpaired) electrons. The van der Waals surface area contributed by atoms with Gasteiger partial charge in [0, 0.05) is 0 Å². The third-order valence-corrected chi connectivity index (χ3v) is 4.70. The van der Waals surface area contributed by atoms with Crippen molar-refractivity contribution in [3.63, 3.8) is 0 Å². The highest BCUT2D eigenvalue weighted by Crippen LogP contribution is 2.18. The first-order chi connectivity index (χ1) is 13.4. The zero-order valence-corrected chi connectivity index (χ0v) is 15.6. The van der Waals surface area contributed by atoms with Gasteiger partial charge in [-0.1, -0.05) is 42.5 Å². The van der Waals surface area contributed by atoms with E-state index in [9.17, 15) is 17.8 Å². The van der Waals surface area contributed by atoms with Crippen molar-refractivity contribution in [3.05, 3.63) is 66.7 Å². The molecule has 4 rings (SSSR count). The first kappa shape index (κ1) is 19.3. The third kappa shape index (κ3) is 4.64. The number of para-hydroxylation sites is 2. The Balaban J connectivity index is 0.000000161. The predicted octanol–water partition coefficient (Wildman–Crippen LogP) is 2.90. The molecule has 0 fully saturated rings. The largest absolute Gasteiger partial charge is 0.744 e. The van der Waals surface area contributed by atoms with E-state index in [4.69, 9.17) is 0 Å². The summed E-state index contributed by atoms with van der Waals surface area (Å²) in [6.07, 6.45) is -0.507. The second kappa shape index (κ2) is 8.07. The average Bonchev–Trinajstić information content (AvgIpc) is 3.09. The number of ether oxygens (including phenoxy) is 1. The maximum Gasteiger partial charge on any atom is 0.476 e. The van der Waals surface area contributed by atoms with E-state index in [1.165, 1.54) is 19.2 Å². The number of fused-ring (bicyclic) bond motifs is 2. The molecule has 0 saturated heterocycles. The predicted molar refractivity (Wildman–Crippen MR) is 103 cm³/mol. The fourth-order valence-corrected chi connectivity index (χ4v) is 3.05. The smallest absolute Gasteiger partial charge is 0.476 e. The number of rotatable bonds is 2. The molecule has 0 unspecified atom stereocenters. The molecule has 8 nitrogen and oxygen atoms in total. The Kier molecular flexibility index (Phi) is 5.57. The van der Waals surface area contributed by atoms with Crippen LogP contribution in [0.5, 0.6) is 0 Å². The van der Waals surface area contributed by atoms with Gasteiger partial charge in [-0.2, -0.15) is 5.32 Å². The number of aromatic nitrogens is 2. The van der Waals surface area contributed by atoms with Crippen LogP contribution in [0.15, 0.2) is 71.6 Å². The number of amides is 1. The number of benzene rings is 3. The van der Waals surface area contributed by atoms with Crippen LogP contribution < -0.4 is 10.3 Å². The van der Waals surface area contributed by atoms with Crippen molar-refractivity contribution >= 4 is 44.0 Å². The molecule has 3 N–H and O–H groups in total. The number of aromatic amines is 2. The second-order valence-corrected chi connectivity index (χ2v) is 7.13. The Morgan fingerprint density at radius 2 is 1.71 bits per heavy atom. The van der Waals surface area contributed by atoms with Gasteiger partial charge in [-0.3, -0.25) is 0 Å². The molecule has 1 aromatic heterocycles. The molecule has 0 aliphatic rings. The summed E-state index contributed by atoms with van der Waals surface area (Å²) in [6.45, 7) is 0. The van der Waals surface area contributed by atoms with Gasteiger partial charge in [0.1, 0.15) is 21.2 Å². The summed E-state index contributed by atoms with van der Waals surface area (Å²) in [5, 5.41) is 4.18. The van der Waals surface area contributed by atoms with Crippen molar-refractivity contribution in [2.75, 3.05) is 12.4 Å². The van der Waals surface area contributed by atoms with Gasteiger partial charge in [0.2, 0.25) is 0 Å². The number of carbonyl (C=O) groups excluding carboxylic acids is 1. The van der Waals surface area contributed by atoms with Gasteiger partial charge >= 0.3 is 12.0 Å². The summed E-state index contributed by atoms with van der Waals surface area (Å²) in [7, 11) is -3.03. The normalized spacial score (nSPS) is 10.9. The summed E-state index contributed by atoms with van der Waals surface area (Å²) in [6, 6.07) is 19.3. The number of anilines is 1. The molecular formula is C19H17N3O5S. The van der Waals surface area contributed by atoms with E-state index in [0.717, 1.165) is 21.8 Å². The monoisotopic (exact) mass is 399 g/mol. The lowest BCUT2D eigenvalue weighted by Crippen LogP contribution is -2.17. The van der Waals surface area contributed by atoms with Crippen LogP contribution in [0.2, 0.25) is 0 Å². The minimum Gasteiger partial charge on any atom is -0.744 e. The number of imidazole rings is 1. The van der Waals surface area contributed by atoms with Crippen molar-refractivity contribution in [1.82, 2.24) is 4.98 Å².